The minimum atomic E-state index is -0.695. The zero-order valence-electron chi connectivity index (χ0n) is 12.9. The smallest absolute Gasteiger partial charge is 0.295 e. The summed E-state index contributed by atoms with van der Waals surface area (Å²) in [6.07, 6.45) is 1.07. The van der Waals surface area contributed by atoms with Gasteiger partial charge in [0, 0.05) is 20.0 Å². The van der Waals surface area contributed by atoms with Crippen molar-refractivity contribution in [2.75, 3.05) is 23.3 Å². The van der Waals surface area contributed by atoms with Gasteiger partial charge < -0.3 is 10.2 Å². The number of halogens is 1. The first kappa shape index (κ1) is 16.2. The molecule has 120 valence electrons. The summed E-state index contributed by atoms with van der Waals surface area (Å²) in [6.45, 7) is 6.84. The van der Waals surface area contributed by atoms with E-state index >= 15 is 0 Å². The Balaban J connectivity index is 2.43. The highest BCUT2D eigenvalue weighted by Gasteiger charge is 2.27. The van der Waals surface area contributed by atoms with Gasteiger partial charge in [-0.15, -0.1) is 0 Å². The number of anilines is 2. The van der Waals surface area contributed by atoms with Crippen LogP contribution in [0, 0.1) is 27.8 Å². The Kier molecular flexibility index (Phi) is 4.63. The van der Waals surface area contributed by atoms with E-state index in [1.54, 1.807) is 0 Å². The molecule has 0 saturated carbocycles. The van der Waals surface area contributed by atoms with Crippen LogP contribution in [0.25, 0.3) is 0 Å². The van der Waals surface area contributed by atoms with Crippen molar-refractivity contribution in [3.8, 4) is 0 Å². The lowest BCUT2D eigenvalue weighted by atomic mass is 9.91. The summed E-state index contributed by atoms with van der Waals surface area (Å²) in [7, 11) is 0. The van der Waals surface area contributed by atoms with Crippen LogP contribution in [0.4, 0.5) is 21.5 Å². The second-order valence-electron chi connectivity index (χ2n) is 6.11. The van der Waals surface area contributed by atoms with E-state index in [0.717, 1.165) is 12.5 Å². The Morgan fingerprint density at radius 2 is 1.95 bits per heavy atom. The number of hydrogen-bond donors (Lipinski definition) is 1. The molecule has 0 aromatic heterocycles. The van der Waals surface area contributed by atoms with Crippen molar-refractivity contribution in [3.05, 3.63) is 28.1 Å². The molecule has 0 bridgehead atoms. The fraction of sp³-hybridized carbons (Fsp3) is 0.533. The van der Waals surface area contributed by atoms with Gasteiger partial charge in [-0.2, -0.15) is 0 Å². The van der Waals surface area contributed by atoms with E-state index < -0.39 is 22.3 Å². The SMILES string of the molecule is CC(=O)Nc1cc(N2C[C@H](C)C[C@@H](C)C2)c(F)cc1[N+](=O)[O-]. The Morgan fingerprint density at radius 3 is 2.45 bits per heavy atom. The van der Waals surface area contributed by atoms with E-state index in [0.29, 0.717) is 30.6 Å². The molecule has 7 heteroatoms. The minimum Gasteiger partial charge on any atom is -0.369 e. The summed E-state index contributed by atoms with van der Waals surface area (Å²) in [5, 5.41) is 13.4. The molecule has 0 aliphatic carbocycles. The quantitative estimate of drug-likeness (QED) is 0.687. The molecule has 0 unspecified atom stereocenters. The number of piperidine rings is 1. The highest BCUT2D eigenvalue weighted by atomic mass is 19.1. The van der Waals surface area contributed by atoms with Crippen molar-refractivity contribution in [1.29, 1.82) is 0 Å². The number of hydrogen-bond acceptors (Lipinski definition) is 4. The number of nitrogens with zero attached hydrogens (tertiary/aromatic N) is 2. The number of amides is 1. The fourth-order valence-electron chi connectivity index (χ4n) is 3.09. The van der Waals surface area contributed by atoms with Gasteiger partial charge in [-0.3, -0.25) is 14.9 Å². The van der Waals surface area contributed by atoms with Gasteiger partial charge in [0.25, 0.3) is 5.69 Å². The monoisotopic (exact) mass is 309 g/mol. The van der Waals surface area contributed by atoms with Crippen LogP contribution in [-0.2, 0) is 4.79 Å². The van der Waals surface area contributed by atoms with Crippen molar-refractivity contribution in [1.82, 2.24) is 0 Å². The van der Waals surface area contributed by atoms with Crippen LogP contribution in [0.2, 0.25) is 0 Å². The van der Waals surface area contributed by atoms with Gasteiger partial charge in [0.05, 0.1) is 16.7 Å². The first-order valence-corrected chi connectivity index (χ1v) is 7.28. The Labute approximate surface area is 128 Å². The maximum atomic E-state index is 14.3. The summed E-state index contributed by atoms with van der Waals surface area (Å²) in [5.74, 6) is -0.228. The van der Waals surface area contributed by atoms with Gasteiger partial charge in [-0.1, -0.05) is 13.8 Å². The third kappa shape index (κ3) is 3.52. The highest BCUT2D eigenvalue weighted by molar-refractivity contribution is 5.92. The molecule has 2 rings (SSSR count). The van der Waals surface area contributed by atoms with Crippen molar-refractivity contribution in [3.63, 3.8) is 0 Å². The Bertz CT molecular complexity index is 596. The number of carbonyl (C=O) groups is 1. The average Bonchev–Trinajstić information content (AvgIpc) is 2.38. The van der Waals surface area contributed by atoms with E-state index in [1.807, 2.05) is 4.90 Å². The molecule has 2 atom stereocenters. The van der Waals surface area contributed by atoms with Crippen molar-refractivity contribution >= 4 is 23.0 Å². The predicted molar refractivity (Wildman–Crippen MR) is 82.5 cm³/mol. The molecule has 1 saturated heterocycles. The van der Waals surface area contributed by atoms with Crippen LogP contribution in [0.1, 0.15) is 27.2 Å². The second kappa shape index (κ2) is 6.29. The van der Waals surface area contributed by atoms with Crippen molar-refractivity contribution in [2.45, 2.75) is 27.2 Å². The lowest BCUT2D eigenvalue weighted by Gasteiger charge is -2.36. The lowest BCUT2D eigenvalue weighted by Crippen LogP contribution is -2.39. The van der Waals surface area contributed by atoms with E-state index in [2.05, 4.69) is 19.2 Å². The molecule has 6 nitrogen and oxygen atoms in total. The van der Waals surface area contributed by atoms with E-state index in [4.69, 9.17) is 0 Å². The van der Waals surface area contributed by atoms with E-state index in [9.17, 15) is 19.3 Å². The van der Waals surface area contributed by atoms with E-state index in [-0.39, 0.29) is 5.69 Å². The topological polar surface area (TPSA) is 75.5 Å². The van der Waals surface area contributed by atoms with Crippen LogP contribution in [-0.4, -0.2) is 23.9 Å². The van der Waals surface area contributed by atoms with Gasteiger partial charge in [-0.05, 0) is 24.3 Å². The zero-order chi connectivity index (χ0) is 16.4. The molecular weight excluding hydrogens is 289 g/mol. The van der Waals surface area contributed by atoms with E-state index in [1.165, 1.54) is 13.0 Å². The normalized spacial score (nSPS) is 21.5. The molecule has 1 amide bonds. The summed E-state index contributed by atoms with van der Waals surface area (Å²) < 4.78 is 14.3. The summed E-state index contributed by atoms with van der Waals surface area (Å²) in [6, 6.07) is 2.24. The lowest BCUT2D eigenvalue weighted by molar-refractivity contribution is -0.384. The number of carbonyl (C=O) groups excluding carboxylic acids is 1. The van der Waals surface area contributed by atoms with Crippen LogP contribution in [0.15, 0.2) is 12.1 Å². The summed E-state index contributed by atoms with van der Waals surface area (Å²) in [5.41, 5.74) is -0.109. The molecule has 1 aliphatic rings. The van der Waals surface area contributed by atoms with Gasteiger partial charge >= 0.3 is 0 Å². The molecule has 1 N–H and O–H groups in total. The predicted octanol–water partition coefficient (Wildman–Crippen LogP) is 3.17. The number of benzene rings is 1. The average molecular weight is 309 g/mol. The standard InChI is InChI=1S/C15H20FN3O3/c1-9-4-10(2)8-18(7-9)14-6-13(17-11(3)20)15(19(21)22)5-12(14)16/h5-6,9-10H,4,7-8H2,1-3H3,(H,17,20)/t9-,10-/m1/s1. The van der Waals surface area contributed by atoms with Gasteiger partial charge in [-0.25, -0.2) is 4.39 Å². The first-order chi connectivity index (χ1) is 10.3. The summed E-state index contributed by atoms with van der Waals surface area (Å²) >= 11 is 0. The Hall–Kier alpha value is -2.18. The first-order valence-electron chi connectivity index (χ1n) is 7.28. The molecule has 1 fully saturated rings. The molecular formula is C15H20FN3O3. The molecule has 1 aromatic rings. The number of nitro benzene ring substituents is 1. The van der Waals surface area contributed by atoms with Gasteiger partial charge in [0.2, 0.25) is 5.91 Å². The maximum Gasteiger partial charge on any atom is 0.295 e. The highest BCUT2D eigenvalue weighted by Crippen LogP contribution is 2.35. The molecule has 1 aromatic carbocycles. The molecule has 0 radical (unpaired) electrons. The molecule has 22 heavy (non-hydrogen) atoms. The third-order valence-corrected chi connectivity index (χ3v) is 3.78. The zero-order valence-corrected chi connectivity index (χ0v) is 12.9. The number of nitrogens with one attached hydrogen (secondary N) is 1. The maximum absolute atomic E-state index is 14.3. The van der Waals surface area contributed by atoms with Crippen LogP contribution in [0.5, 0.6) is 0 Å². The van der Waals surface area contributed by atoms with Crippen molar-refractivity contribution in [2.24, 2.45) is 11.8 Å². The molecule has 1 aliphatic heterocycles. The molecule has 0 spiro atoms. The van der Waals surface area contributed by atoms with Gasteiger partial charge in [0.1, 0.15) is 5.69 Å². The second-order valence-corrected chi connectivity index (χ2v) is 6.11. The molecule has 1 heterocycles. The van der Waals surface area contributed by atoms with Crippen LogP contribution < -0.4 is 10.2 Å². The van der Waals surface area contributed by atoms with Gasteiger partial charge in [0.15, 0.2) is 5.82 Å². The minimum absolute atomic E-state index is 0.0276. The van der Waals surface area contributed by atoms with Crippen LogP contribution in [0.3, 0.4) is 0 Å². The van der Waals surface area contributed by atoms with Crippen molar-refractivity contribution < 1.29 is 14.1 Å². The fourth-order valence-corrected chi connectivity index (χ4v) is 3.09. The largest absolute Gasteiger partial charge is 0.369 e. The number of rotatable bonds is 3. The number of nitro groups is 1. The third-order valence-electron chi connectivity index (χ3n) is 3.78. The van der Waals surface area contributed by atoms with Crippen LogP contribution >= 0.6 is 0 Å². The summed E-state index contributed by atoms with van der Waals surface area (Å²) in [4.78, 5) is 23.4. The Morgan fingerprint density at radius 1 is 1.36 bits per heavy atom.